The predicted molar refractivity (Wildman–Crippen MR) is 46.3 cm³/mol. The molecule has 0 saturated carbocycles. The number of hydrogen-bond donors (Lipinski definition) is 0. The molecule has 0 nitrogen and oxygen atoms in total. The van der Waals surface area contributed by atoms with E-state index in [2.05, 4.69) is 20.8 Å². The summed E-state index contributed by atoms with van der Waals surface area (Å²) in [7, 11) is 0. The molecular formula is C6H18AlB. The van der Waals surface area contributed by atoms with Crippen molar-refractivity contribution >= 4 is 24.1 Å². The van der Waals surface area contributed by atoms with Crippen LogP contribution >= 0.6 is 0 Å². The van der Waals surface area contributed by atoms with Crippen LogP contribution in [0.2, 0.25) is 19.0 Å². The Balaban J connectivity index is -0.0000000300. The second kappa shape index (κ2) is 7.60. The van der Waals surface area contributed by atoms with E-state index >= 15 is 0 Å². The summed E-state index contributed by atoms with van der Waals surface area (Å²) in [4.78, 5) is 0. The SMILES string of the molecule is CCB(CC)CC.[Al+3].[H-].[H-].[H-]. The first-order chi connectivity index (χ1) is 3.35. The third-order valence-corrected chi connectivity index (χ3v) is 1.73. The summed E-state index contributed by atoms with van der Waals surface area (Å²) in [5, 5.41) is 0. The molecule has 0 amide bonds. The molecule has 0 heterocycles. The Kier molecular flexibility index (Phi) is 10.8. The minimum Gasteiger partial charge on any atom is -1.00 e. The summed E-state index contributed by atoms with van der Waals surface area (Å²) in [5.74, 6) is 0. The van der Waals surface area contributed by atoms with Crippen LogP contribution in [0.3, 0.4) is 0 Å². The summed E-state index contributed by atoms with van der Waals surface area (Å²) in [6, 6.07) is 0. The summed E-state index contributed by atoms with van der Waals surface area (Å²) in [6.07, 6.45) is 4.06. The van der Waals surface area contributed by atoms with Crippen molar-refractivity contribution in [1.82, 2.24) is 0 Å². The van der Waals surface area contributed by atoms with E-state index in [-0.39, 0.29) is 21.6 Å². The third-order valence-electron chi connectivity index (χ3n) is 1.73. The first kappa shape index (κ1) is 11.4. The van der Waals surface area contributed by atoms with Crippen LogP contribution < -0.4 is 0 Å². The molecule has 8 heavy (non-hydrogen) atoms. The number of hydrogen-bond acceptors (Lipinski definition) is 0. The van der Waals surface area contributed by atoms with Crippen LogP contribution in [0.4, 0.5) is 0 Å². The van der Waals surface area contributed by atoms with Gasteiger partial charge in [-0.2, -0.15) is 0 Å². The van der Waals surface area contributed by atoms with Gasteiger partial charge in [0.05, 0.1) is 0 Å². The summed E-state index contributed by atoms with van der Waals surface area (Å²) >= 11 is 0. The molecular weight excluding hydrogens is 110 g/mol. The Morgan fingerprint density at radius 3 is 1.25 bits per heavy atom. The van der Waals surface area contributed by atoms with Crippen LogP contribution in [0, 0.1) is 0 Å². The molecule has 0 aliphatic carbocycles. The zero-order valence-electron chi connectivity index (χ0n) is 9.28. The molecule has 0 spiro atoms. The van der Waals surface area contributed by atoms with E-state index in [1.54, 1.807) is 0 Å². The van der Waals surface area contributed by atoms with Crippen molar-refractivity contribution in [3.8, 4) is 0 Å². The Morgan fingerprint density at radius 2 is 1.25 bits per heavy atom. The molecule has 0 aromatic carbocycles. The largest absolute Gasteiger partial charge is 3.00 e. The molecule has 0 aromatic heterocycles. The van der Waals surface area contributed by atoms with Crippen LogP contribution in [0.15, 0.2) is 0 Å². The maximum Gasteiger partial charge on any atom is 3.00 e. The molecule has 0 unspecified atom stereocenters. The molecule has 2 heteroatoms. The van der Waals surface area contributed by atoms with E-state index in [0.717, 1.165) is 6.71 Å². The fraction of sp³-hybridized carbons (Fsp3) is 1.00. The van der Waals surface area contributed by atoms with Gasteiger partial charge in [-0.05, 0) is 0 Å². The first-order valence-electron chi connectivity index (χ1n) is 3.35. The smallest absolute Gasteiger partial charge is 1.00 e. The minimum atomic E-state index is 0. The van der Waals surface area contributed by atoms with Gasteiger partial charge < -0.3 is 4.28 Å². The van der Waals surface area contributed by atoms with E-state index in [1.165, 1.54) is 19.0 Å². The maximum absolute atomic E-state index is 2.26. The van der Waals surface area contributed by atoms with Crippen molar-refractivity contribution in [3.63, 3.8) is 0 Å². The summed E-state index contributed by atoms with van der Waals surface area (Å²) in [6.45, 7) is 7.77. The maximum atomic E-state index is 2.26. The second-order valence-corrected chi connectivity index (χ2v) is 2.09. The Hall–Kier alpha value is 0.597. The molecule has 0 aliphatic rings. The van der Waals surface area contributed by atoms with Crippen molar-refractivity contribution < 1.29 is 4.28 Å². The molecule has 0 saturated heterocycles. The molecule has 0 N–H and O–H groups in total. The minimum absolute atomic E-state index is 0. The second-order valence-electron chi connectivity index (χ2n) is 2.09. The predicted octanol–water partition coefficient (Wildman–Crippen LogP) is 2.50. The van der Waals surface area contributed by atoms with Gasteiger partial charge in [0.15, 0.2) is 0 Å². The van der Waals surface area contributed by atoms with Gasteiger partial charge >= 0.3 is 17.4 Å². The van der Waals surface area contributed by atoms with Gasteiger partial charge in [0, 0.05) is 0 Å². The molecule has 0 bridgehead atoms. The molecule has 0 fully saturated rings. The van der Waals surface area contributed by atoms with Crippen molar-refractivity contribution in [1.29, 1.82) is 0 Å². The number of rotatable bonds is 3. The molecule has 48 valence electrons. The van der Waals surface area contributed by atoms with Gasteiger partial charge in [0.25, 0.3) is 0 Å². The zero-order chi connectivity index (χ0) is 5.70. The average molecular weight is 128 g/mol. The van der Waals surface area contributed by atoms with Crippen molar-refractivity contribution in [2.45, 2.75) is 39.7 Å². The van der Waals surface area contributed by atoms with Crippen LogP contribution in [0.25, 0.3) is 0 Å². The summed E-state index contributed by atoms with van der Waals surface area (Å²) < 4.78 is 0. The molecule has 0 radical (unpaired) electrons. The van der Waals surface area contributed by atoms with Crippen molar-refractivity contribution in [2.24, 2.45) is 0 Å². The van der Waals surface area contributed by atoms with E-state index in [4.69, 9.17) is 0 Å². The Bertz CT molecular complexity index is 39.3. The monoisotopic (exact) mass is 128 g/mol. The standard InChI is InChI=1S/C6H15B.Al.3H/c1-4-7(5-2)6-3;;;;/h4-6H2,1-3H3;;;;/q;+3;3*-1. The van der Waals surface area contributed by atoms with Gasteiger partial charge in [0.2, 0.25) is 0 Å². The Morgan fingerprint density at radius 1 is 1.00 bits per heavy atom. The Labute approximate surface area is 68.7 Å². The fourth-order valence-electron chi connectivity index (χ4n) is 0.866. The van der Waals surface area contributed by atoms with Crippen LogP contribution in [-0.4, -0.2) is 24.1 Å². The average Bonchev–Trinajstić information content (AvgIpc) is 1.72. The van der Waals surface area contributed by atoms with Crippen molar-refractivity contribution in [2.75, 3.05) is 0 Å². The van der Waals surface area contributed by atoms with Gasteiger partial charge in [-0.1, -0.05) is 39.7 Å². The zero-order valence-corrected chi connectivity index (χ0v) is 7.43. The fourth-order valence-corrected chi connectivity index (χ4v) is 0.866. The van der Waals surface area contributed by atoms with E-state index in [1.807, 2.05) is 0 Å². The van der Waals surface area contributed by atoms with E-state index < -0.39 is 0 Å². The van der Waals surface area contributed by atoms with E-state index in [0.29, 0.717) is 0 Å². The molecule has 0 aliphatic heterocycles. The van der Waals surface area contributed by atoms with Gasteiger partial charge in [0.1, 0.15) is 6.71 Å². The van der Waals surface area contributed by atoms with Crippen LogP contribution in [0.1, 0.15) is 25.1 Å². The summed E-state index contributed by atoms with van der Waals surface area (Å²) in [5.41, 5.74) is 0. The van der Waals surface area contributed by atoms with Gasteiger partial charge in [-0.25, -0.2) is 0 Å². The topological polar surface area (TPSA) is 0 Å². The molecule has 0 rings (SSSR count). The van der Waals surface area contributed by atoms with E-state index in [9.17, 15) is 0 Å². The molecule has 0 aromatic rings. The van der Waals surface area contributed by atoms with Gasteiger partial charge in [-0.3, -0.25) is 0 Å². The third kappa shape index (κ3) is 4.75. The van der Waals surface area contributed by atoms with Crippen LogP contribution in [0.5, 0.6) is 0 Å². The van der Waals surface area contributed by atoms with Gasteiger partial charge in [-0.15, -0.1) is 0 Å². The molecule has 0 atom stereocenters. The van der Waals surface area contributed by atoms with Crippen molar-refractivity contribution in [3.05, 3.63) is 0 Å². The normalized spacial score (nSPS) is 7.88. The quantitative estimate of drug-likeness (QED) is 0.512. The van der Waals surface area contributed by atoms with Crippen LogP contribution in [-0.2, 0) is 0 Å². The first-order valence-corrected chi connectivity index (χ1v) is 3.35.